The van der Waals surface area contributed by atoms with Crippen LogP contribution < -0.4 is 15.8 Å². The number of hydrogen-bond donors (Lipinski definition) is 2. The molecule has 1 aliphatic rings. The van der Waals surface area contributed by atoms with E-state index >= 15 is 0 Å². The van der Waals surface area contributed by atoms with E-state index in [4.69, 9.17) is 14.7 Å². The van der Waals surface area contributed by atoms with Crippen LogP contribution in [0.4, 0.5) is 11.5 Å². The summed E-state index contributed by atoms with van der Waals surface area (Å²) in [4.78, 5) is 32.0. The van der Waals surface area contributed by atoms with Crippen LogP contribution in [0.1, 0.15) is 36.7 Å². The minimum atomic E-state index is -0.0908. The van der Waals surface area contributed by atoms with Gasteiger partial charge in [0, 0.05) is 48.2 Å². The van der Waals surface area contributed by atoms with Gasteiger partial charge < -0.3 is 24.5 Å². The average molecular weight is 474 g/mol. The predicted molar refractivity (Wildman–Crippen MR) is 138 cm³/mol. The van der Waals surface area contributed by atoms with Gasteiger partial charge in [0.1, 0.15) is 5.52 Å². The largest absolute Gasteiger partial charge is 0.378 e. The first kappa shape index (κ1) is 23.0. The van der Waals surface area contributed by atoms with Crippen LogP contribution in [0.25, 0.3) is 22.6 Å². The second-order valence-electron chi connectivity index (χ2n) is 9.26. The summed E-state index contributed by atoms with van der Waals surface area (Å²) in [5, 5.41) is 3.36. The van der Waals surface area contributed by atoms with Crippen molar-refractivity contribution < 1.29 is 4.74 Å². The standard InChI is InChI=1S/C26H31N7O2/c1-16(2)33-15-28-22-24(27-14-21-17(3)13-18(4)29-26(21)34)30-23(31-25(22)33)19-5-7-20(8-6-19)32-9-11-35-12-10-32/h5-8,13,15-16H,9-12,14H2,1-4H3,(H,29,34)(H,27,30,31). The maximum Gasteiger partial charge on any atom is 0.253 e. The number of nitrogens with one attached hydrogen (secondary N) is 2. The van der Waals surface area contributed by atoms with Crippen LogP contribution in [0.5, 0.6) is 0 Å². The maximum absolute atomic E-state index is 12.5. The lowest BCUT2D eigenvalue weighted by molar-refractivity contribution is 0.122. The van der Waals surface area contributed by atoms with Crippen molar-refractivity contribution in [3.05, 3.63) is 63.8 Å². The molecule has 2 N–H and O–H groups in total. The molecule has 1 aliphatic heterocycles. The van der Waals surface area contributed by atoms with E-state index in [-0.39, 0.29) is 11.6 Å². The fourth-order valence-corrected chi connectivity index (χ4v) is 4.46. The number of aromatic nitrogens is 5. The molecular formula is C26H31N7O2. The number of anilines is 2. The number of rotatable bonds is 6. The van der Waals surface area contributed by atoms with Crippen molar-refractivity contribution in [3.8, 4) is 11.4 Å². The SMILES string of the molecule is Cc1cc(C)c(CNc2nc(-c3ccc(N4CCOCC4)cc3)nc3c2ncn3C(C)C)c(=O)[nH]1. The van der Waals surface area contributed by atoms with Crippen LogP contribution in [0.15, 0.2) is 41.5 Å². The molecule has 0 unspecified atom stereocenters. The Morgan fingerprint density at radius 2 is 1.86 bits per heavy atom. The highest BCUT2D eigenvalue weighted by atomic mass is 16.5. The third-order valence-electron chi connectivity index (χ3n) is 6.41. The van der Waals surface area contributed by atoms with Crippen molar-refractivity contribution in [2.24, 2.45) is 0 Å². The molecule has 0 saturated carbocycles. The molecule has 5 rings (SSSR count). The average Bonchev–Trinajstić information content (AvgIpc) is 3.28. The lowest BCUT2D eigenvalue weighted by atomic mass is 10.1. The summed E-state index contributed by atoms with van der Waals surface area (Å²) in [6, 6.07) is 10.5. The van der Waals surface area contributed by atoms with Crippen LogP contribution in [0.2, 0.25) is 0 Å². The fraction of sp³-hybridized carbons (Fsp3) is 0.385. The molecule has 4 heterocycles. The van der Waals surface area contributed by atoms with E-state index in [9.17, 15) is 4.79 Å². The lowest BCUT2D eigenvalue weighted by Gasteiger charge is -2.28. The molecule has 1 aromatic carbocycles. The van der Waals surface area contributed by atoms with Crippen LogP contribution in [-0.4, -0.2) is 50.8 Å². The molecule has 182 valence electrons. The second-order valence-corrected chi connectivity index (χ2v) is 9.26. The molecule has 4 aromatic rings. The van der Waals surface area contributed by atoms with Crippen molar-refractivity contribution in [3.63, 3.8) is 0 Å². The van der Waals surface area contributed by atoms with Gasteiger partial charge >= 0.3 is 0 Å². The molecule has 0 amide bonds. The van der Waals surface area contributed by atoms with E-state index in [2.05, 4.69) is 58.3 Å². The topological polar surface area (TPSA) is 101 Å². The highest BCUT2D eigenvalue weighted by molar-refractivity contribution is 5.85. The molecule has 3 aromatic heterocycles. The predicted octanol–water partition coefficient (Wildman–Crippen LogP) is 3.83. The van der Waals surface area contributed by atoms with Gasteiger partial charge in [0.05, 0.1) is 19.5 Å². The molecule has 35 heavy (non-hydrogen) atoms. The van der Waals surface area contributed by atoms with E-state index < -0.39 is 0 Å². The Hall–Kier alpha value is -3.72. The first-order valence-corrected chi connectivity index (χ1v) is 12.0. The second kappa shape index (κ2) is 9.50. The van der Waals surface area contributed by atoms with E-state index in [0.717, 1.165) is 54.5 Å². The molecule has 1 fully saturated rings. The number of imidazole rings is 1. The molecule has 1 saturated heterocycles. The number of pyridine rings is 1. The van der Waals surface area contributed by atoms with Crippen LogP contribution in [0.3, 0.4) is 0 Å². The fourth-order valence-electron chi connectivity index (χ4n) is 4.46. The Kier molecular flexibility index (Phi) is 6.25. The van der Waals surface area contributed by atoms with Gasteiger partial charge in [-0.1, -0.05) is 0 Å². The zero-order valence-electron chi connectivity index (χ0n) is 20.6. The van der Waals surface area contributed by atoms with Crippen molar-refractivity contribution in [1.82, 2.24) is 24.5 Å². The van der Waals surface area contributed by atoms with Crippen molar-refractivity contribution in [2.75, 3.05) is 36.5 Å². The first-order valence-electron chi connectivity index (χ1n) is 12.0. The van der Waals surface area contributed by atoms with Crippen LogP contribution in [0, 0.1) is 13.8 Å². The third kappa shape index (κ3) is 4.64. The van der Waals surface area contributed by atoms with Gasteiger partial charge in [-0.05, 0) is 63.6 Å². The van der Waals surface area contributed by atoms with Gasteiger partial charge in [-0.25, -0.2) is 15.0 Å². The number of nitrogens with zero attached hydrogens (tertiary/aromatic N) is 5. The van der Waals surface area contributed by atoms with Crippen LogP contribution >= 0.6 is 0 Å². The highest BCUT2D eigenvalue weighted by Gasteiger charge is 2.17. The smallest absolute Gasteiger partial charge is 0.253 e. The van der Waals surface area contributed by atoms with E-state index in [1.54, 1.807) is 6.33 Å². The number of hydrogen-bond acceptors (Lipinski definition) is 7. The number of aromatic amines is 1. The quantitative estimate of drug-likeness (QED) is 0.439. The lowest BCUT2D eigenvalue weighted by Crippen LogP contribution is -2.36. The minimum absolute atomic E-state index is 0.0908. The Morgan fingerprint density at radius 3 is 2.54 bits per heavy atom. The van der Waals surface area contributed by atoms with E-state index in [0.29, 0.717) is 29.3 Å². The summed E-state index contributed by atoms with van der Waals surface area (Å²) in [6.07, 6.45) is 1.80. The van der Waals surface area contributed by atoms with Crippen molar-refractivity contribution in [2.45, 2.75) is 40.3 Å². The van der Waals surface area contributed by atoms with Crippen LogP contribution in [-0.2, 0) is 11.3 Å². The van der Waals surface area contributed by atoms with Gasteiger partial charge in [-0.15, -0.1) is 0 Å². The van der Waals surface area contributed by atoms with Gasteiger partial charge in [0.25, 0.3) is 5.56 Å². The number of morpholine rings is 1. The molecule has 0 aliphatic carbocycles. The monoisotopic (exact) mass is 473 g/mol. The van der Waals surface area contributed by atoms with E-state index in [1.165, 1.54) is 0 Å². The third-order valence-corrected chi connectivity index (χ3v) is 6.41. The maximum atomic E-state index is 12.5. The Morgan fingerprint density at radius 1 is 1.11 bits per heavy atom. The Labute approximate surface area is 204 Å². The Balaban J connectivity index is 1.51. The molecule has 9 heteroatoms. The molecule has 0 spiro atoms. The number of fused-ring (bicyclic) bond motifs is 1. The zero-order valence-corrected chi connectivity index (χ0v) is 20.6. The number of aryl methyl sites for hydroxylation is 2. The molecule has 0 bridgehead atoms. The summed E-state index contributed by atoms with van der Waals surface area (Å²) < 4.78 is 7.51. The van der Waals surface area contributed by atoms with Gasteiger partial charge in [-0.3, -0.25) is 4.79 Å². The Bertz CT molecular complexity index is 1400. The first-order chi connectivity index (χ1) is 16.9. The summed E-state index contributed by atoms with van der Waals surface area (Å²) in [6.45, 7) is 11.7. The van der Waals surface area contributed by atoms with Crippen molar-refractivity contribution in [1.29, 1.82) is 0 Å². The zero-order chi connectivity index (χ0) is 24.5. The van der Waals surface area contributed by atoms with Gasteiger partial charge in [-0.2, -0.15) is 0 Å². The highest BCUT2D eigenvalue weighted by Crippen LogP contribution is 2.28. The summed E-state index contributed by atoms with van der Waals surface area (Å²) in [5.41, 5.74) is 5.92. The number of benzene rings is 1. The summed E-state index contributed by atoms with van der Waals surface area (Å²) in [5.74, 6) is 1.23. The molecule has 0 radical (unpaired) electrons. The van der Waals surface area contributed by atoms with Gasteiger partial charge in [0.15, 0.2) is 17.3 Å². The number of H-pyrrole nitrogens is 1. The summed E-state index contributed by atoms with van der Waals surface area (Å²) in [7, 11) is 0. The van der Waals surface area contributed by atoms with Crippen molar-refractivity contribution >= 4 is 22.7 Å². The normalized spacial score (nSPS) is 14.1. The number of ether oxygens (including phenoxy) is 1. The molecule has 0 atom stereocenters. The van der Waals surface area contributed by atoms with E-state index in [1.807, 2.05) is 24.5 Å². The minimum Gasteiger partial charge on any atom is -0.378 e. The molecular weight excluding hydrogens is 442 g/mol. The van der Waals surface area contributed by atoms with Gasteiger partial charge in [0.2, 0.25) is 0 Å². The molecule has 9 nitrogen and oxygen atoms in total. The summed E-state index contributed by atoms with van der Waals surface area (Å²) >= 11 is 0.